The van der Waals surface area contributed by atoms with Gasteiger partial charge in [-0.05, 0) is 88.3 Å². The van der Waals surface area contributed by atoms with Crippen LogP contribution in [0.4, 0.5) is 5.69 Å². The van der Waals surface area contributed by atoms with E-state index in [1.165, 1.54) is 11.3 Å². The van der Waals surface area contributed by atoms with Gasteiger partial charge in [0.2, 0.25) is 5.91 Å². The molecule has 35 heavy (non-hydrogen) atoms. The number of para-hydroxylation sites is 1. The van der Waals surface area contributed by atoms with E-state index >= 15 is 0 Å². The minimum atomic E-state index is -0.979. The molecule has 1 aromatic heterocycles. The van der Waals surface area contributed by atoms with Crippen LogP contribution in [-0.2, 0) is 4.79 Å². The molecule has 2 saturated carbocycles. The lowest BCUT2D eigenvalue weighted by molar-refractivity contribution is -0.126. The number of hydrogen-bond donors (Lipinski definition) is 2. The molecule has 7 heteroatoms. The number of nitrogens with zero attached hydrogens (tertiary/aromatic N) is 1. The number of carboxylic acid groups (broad SMARTS) is 1. The van der Waals surface area contributed by atoms with E-state index < -0.39 is 12.1 Å². The number of aliphatic hydroxyl groups is 1. The predicted molar refractivity (Wildman–Crippen MR) is 139 cm³/mol. The van der Waals surface area contributed by atoms with Gasteiger partial charge in [-0.2, -0.15) is 0 Å². The summed E-state index contributed by atoms with van der Waals surface area (Å²) in [6.45, 7) is 4.32. The topological polar surface area (TPSA) is 87.1 Å². The summed E-state index contributed by atoms with van der Waals surface area (Å²) in [6, 6.07) is 11.8. The molecule has 0 radical (unpaired) electrons. The van der Waals surface area contributed by atoms with Crippen molar-refractivity contribution in [3.63, 3.8) is 0 Å². The quantitative estimate of drug-likeness (QED) is 0.413. The number of benzene rings is 1. The predicted octanol–water partition coefficient (Wildman–Crippen LogP) is 6.09. The molecule has 6 nitrogen and oxygen atoms in total. The molecular weight excluding hydrogens is 462 g/mol. The highest BCUT2D eigenvalue weighted by Gasteiger charge is 2.37. The average Bonchev–Trinajstić information content (AvgIpc) is 3.26. The van der Waals surface area contributed by atoms with E-state index in [-0.39, 0.29) is 28.7 Å². The zero-order chi connectivity index (χ0) is 24.9. The lowest BCUT2D eigenvalue weighted by Crippen LogP contribution is -2.42. The summed E-state index contributed by atoms with van der Waals surface area (Å²) >= 11 is 1.32. The molecule has 0 spiro atoms. The first-order valence-electron chi connectivity index (χ1n) is 12.9. The van der Waals surface area contributed by atoms with Gasteiger partial charge in [0.25, 0.3) is 0 Å². The molecule has 4 rings (SSSR count). The number of amides is 1. The second-order valence-electron chi connectivity index (χ2n) is 10.3. The third-order valence-electron chi connectivity index (χ3n) is 7.33. The van der Waals surface area contributed by atoms with Gasteiger partial charge in [-0.1, -0.05) is 25.1 Å². The molecular formula is C28H37NO5S. The highest BCUT2D eigenvalue weighted by molar-refractivity contribution is 7.14. The fraction of sp³-hybridized carbons (Fsp3) is 0.571. The Morgan fingerprint density at radius 2 is 1.83 bits per heavy atom. The summed E-state index contributed by atoms with van der Waals surface area (Å²) in [5.41, 5.74) is 0.537. The number of carbonyl (C=O) groups excluding carboxylic acids is 1. The second-order valence-corrected chi connectivity index (χ2v) is 11.4. The van der Waals surface area contributed by atoms with Crippen molar-refractivity contribution in [2.75, 3.05) is 11.4 Å². The zero-order valence-electron chi connectivity index (χ0n) is 20.7. The highest BCUT2D eigenvalue weighted by atomic mass is 32.1. The third-order valence-corrected chi connectivity index (χ3v) is 8.61. The molecule has 1 aromatic carbocycles. The molecule has 2 N–H and O–H groups in total. The van der Waals surface area contributed by atoms with E-state index in [1.807, 2.05) is 36.4 Å². The minimum absolute atomic E-state index is 0.0283. The molecule has 2 aliphatic carbocycles. The van der Waals surface area contributed by atoms with Crippen molar-refractivity contribution in [1.29, 1.82) is 0 Å². The minimum Gasteiger partial charge on any atom is -0.490 e. The van der Waals surface area contributed by atoms with E-state index in [1.54, 1.807) is 11.8 Å². The number of carbonyl (C=O) groups is 2. The molecule has 1 unspecified atom stereocenters. The van der Waals surface area contributed by atoms with E-state index in [4.69, 9.17) is 4.74 Å². The van der Waals surface area contributed by atoms with Crippen molar-refractivity contribution < 1.29 is 24.5 Å². The number of aliphatic hydroxyl groups excluding tert-OH is 1. The number of thiophene rings is 1. The van der Waals surface area contributed by atoms with Crippen LogP contribution >= 0.6 is 11.3 Å². The van der Waals surface area contributed by atoms with Crippen molar-refractivity contribution in [2.45, 2.75) is 83.3 Å². The molecule has 1 heterocycles. The normalized spacial score (nSPS) is 24.9. The van der Waals surface area contributed by atoms with Crippen LogP contribution in [0.1, 0.15) is 85.7 Å². The van der Waals surface area contributed by atoms with E-state index in [0.29, 0.717) is 31.0 Å². The Balaban J connectivity index is 1.48. The summed E-state index contributed by atoms with van der Waals surface area (Å²) in [5.74, 6) is 0.716. The van der Waals surface area contributed by atoms with E-state index in [9.17, 15) is 19.8 Å². The molecule has 0 aliphatic heterocycles. The van der Waals surface area contributed by atoms with Crippen molar-refractivity contribution in [1.82, 2.24) is 0 Å². The van der Waals surface area contributed by atoms with Gasteiger partial charge in [0.15, 0.2) is 0 Å². The van der Waals surface area contributed by atoms with Gasteiger partial charge in [-0.3, -0.25) is 4.79 Å². The summed E-state index contributed by atoms with van der Waals surface area (Å²) in [6.07, 6.45) is 6.38. The van der Waals surface area contributed by atoms with Gasteiger partial charge in [0, 0.05) is 17.3 Å². The zero-order valence-corrected chi connectivity index (χ0v) is 21.5. The summed E-state index contributed by atoms with van der Waals surface area (Å²) in [5, 5.41) is 19.7. The van der Waals surface area contributed by atoms with Gasteiger partial charge in [0.05, 0.1) is 17.9 Å². The lowest BCUT2D eigenvalue weighted by atomic mass is 9.75. The molecule has 2 fully saturated rings. The first kappa shape index (κ1) is 25.7. The van der Waals surface area contributed by atoms with Crippen LogP contribution in [0.2, 0.25) is 0 Å². The van der Waals surface area contributed by atoms with Crippen LogP contribution in [0.3, 0.4) is 0 Å². The number of carboxylic acids is 1. The Bertz CT molecular complexity index is 990. The fourth-order valence-corrected chi connectivity index (χ4v) is 6.50. The maximum atomic E-state index is 13.4. The third kappa shape index (κ3) is 6.44. The summed E-state index contributed by atoms with van der Waals surface area (Å²) in [7, 11) is 0. The van der Waals surface area contributed by atoms with Crippen molar-refractivity contribution in [3.8, 4) is 5.75 Å². The monoisotopic (exact) mass is 499 g/mol. The van der Waals surface area contributed by atoms with Crippen LogP contribution in [0.25, 0.3) is 0 Å². The molecule has 0 bridgehead atoms. The molecule has 190 valence electrons. The van der Waals surface area contributed by atoms with Crippen LogP contribution in [0, 0.1) is 11.8 Å². The Labute approximate surface area is 211 Å². The van der Waals surface area contributed by atoms with Gasteiger partial charge in [0.1, 0.15) is 10.6 Å². The molecule has 2 aliphatic rings. The largest absolute Gasteiger partial charge is 0.490 e. The van der Waals surface area contributed by atoms with Crippen molar-refractivity contribution >= 4 is 28.9 Å². The summed E-state index contributed by atoms with van der Waals surface area (Å²) in [4.78, 5) is 28.6. The number of aromatic carboxylic acids is 1. The van der Waals surface area contributed by atoms with E-state index in [0.717, 1.165) is 49.2 Å². The summed E-state index contributed by atoms with van der Waals surface area (Å²) < 4.78 is 6.13. The Morgan fingerprint density at radius 3 is 2.43 bits per heavy atom. The van der Waals surface area contributed by atoms with Crippen LogP contribution in [0.15, 0.2) is 36.4 Å². The first-order chi connectivity index (χ1) is 16.8. The maximum absolute atomic E-state index is 13.4. The average molecular weight is 500 g/mol. The maximum Gasteiger partial charge on any atom is 0.348 e. The molecule has 1 atom stereocenters. The molecule has 1 amide bonds. The number of ether oxygens (including phenoxy) is 1. The van der Waals surface area contributed by atoms with Crippen LogP contribution < -0.4 is 9.64 Å². The Morgan fingerprint density at radius 1 is 1.14 bits per heavy atom. The standard InChI is InChI=1S/C28H37NO5S/c1-18-15-21(16-18)27(31)29(14-6-7-19(2)30)24-17-25(35-26(24)28(32)33)20-10-12-23(13-11-20)34-22-8-4-3-5-9-22/h3-5,8-9,17-21,23,30H,6-7,10-16H2,1-2H3,(H,32,33). The lowest BCUT2D eigenvalue weighted by Gasteiger charge is -2.36. The van der Waals surface area contributed by atoms with Gasteiger partial charge < -0.3 is 19.8 Å². The van der Waals surface area contributed by atoms with Crippen molar-refractivity contribution in [3.05, 3.63) is 46.2 Å². The second kappa shape index (κ2) is 11.6. The first-order valence-corrected chi connectivity index (χ1v) is 13.7. The highest BCUT2D eigenvalue weighted by Crippen LogP contribution is 2.43. The Kier molecular flexibility index (Phi) is 8.50. The SMILES string of the molecule is CC(O)CCCN(C(=O)C1CC(C)C1)c1cc(C2CCC(Oc3ccccc3)CC2)sc1C(=O)O. The number of hydrogen-bond acceptors (Lipinski definition) is 5. The van der Waals surface area contributed by atoms with Crippen molar-refractivity contribution in [2.24, 2.45) is 11.8 Å². The van der Waals surface area contributed by atoms with Gasteiger partial charge >= 0.3 is 5.97 Å². The number of anilines is 1. The number of rotatable bonds is 10. The smallest absolute Gasteiger partial charge is 0.348 e. The molecule has 0 saturated heterocycles. The fourth-order valence-electron chi connectivity index (χ4n) is 5.33. The van der Waals surface area contributed by atoms with Crippen LogP contribution in [-0.4, -0.2) is 40.8 Å². The van der Waals surface area contributed by atoms with Gasteiger partial charge in [-0.25, -0.2) is 4.79 Å². The van der Waals surface area contributed by atoms with Gasteiger partial charge in [-0.15, -0.1) is 11.3 Å². The Hall–Kier alpha value is -2.38. The van der Waals surface area contributed by atoms with Crippen LogP contribution in [0.5, 0.6) is 5.75 Å². The molecule has 2 aromatic rings. The van der Waals surface area contributed by atoms with E-state index in [2.05, 4.69) is 6.92 Å².